The van der Waals surface area contributed by atoms with Crippen molar-refractivity contribution >= 4 is 23.2 Å². The van der Waals surface area contributed by atoms with E-state index in [1.807, 2.05) is 11.4 Å². The molecule has 1 aromatic heterocycles. The molecule has 150 valence electrons. The number of benzene rings is 1. The number of aromatic nitrogens is 2. The lowest BCUT2D eigenvalue weighted by Gasteiger charge is -2.33. The molecule has 10 heteroatoms. The van der Waals surface area contributed by atoms with Crippen molar-refractivity contribution in [2.75, 3.05) is 24.5 Å². The number of halogens is 4. The van der Waals surface area contributed by atoms with Crippen LogP contribution in [0.2, 0.25) is 5.02 Å². The minimum atomic E-state index is -4.46. The number of nitrogens with one attached hydrogen (secondary N) is 1. The molecule has 0 spiro atoms. The summed E-state index contributed by atoms with van der Waals surface area (Å²) < 4.78 is 38.1. The fourth-order valence-corrected chi connectivity index (χ4v) is 3.39. The van der Waals surface area contributed by atoms with Gasteiger partial charge in [0, 0.05) is 13.1 Å². The highest BCUT2D eigenvalue weighted by molar-refractivity contribution is 6.33. The Balaban J connectivity index is 1.77. The molecule has 2 heterocycles. The third-order valence-electron chi connectivity index (χ3n) is 4.50. The van der Waals surface area contributed by atoms with Crippen molar-refractivity contribution in [3.05, 3.63) is 51.9 Å². The van der Waals surface area contributed by atoms with Crippen molar-refractivity contribution < 1.29 is 18.0 Å². The van der Waals surface area contributed by atoms with Gasteiger partial charge in [-0.3, -0.25) is 9.59 Å². The van der Waals surface area contributed by atoms with Gasteiger partial charge in [-0.25, -0.2) is 0 Å². The lowest BCUT2D eigenvalue weighted by atomic mass is 9.97. The molecule has 1 fully saturated rings. The zero-order chi connectivity index (χ0) is 20.3. The van der Waals surface area contributed by atoms with E-state index in [1.165, 1.54) is 10.9 Å². The Labute approximate surface area is 163 Å². The minimum Gasteiger partial charge on any atom is -0.368 e. The molecule has 0 aliphatic carbocycles. The summed E-state index contributed by atoms with van der Waals surface area (Å²) in [6.45, 7) is -0.670. The molecule has 1 aliphatic rings. The van der Waals surface area contributed by atoms with Gasteiger partial charge in [0.15, 0.2) is 0 Å². The number of nitrogens with zero attached hydrogens (tertiary/aromatic N) is 3. The smallest absolute Gasteiger partial charge is 0.368 e. The van der Waals surface area contributed by atoms with E-state index in [4.69, 9.17) is 11.6 Å². The van der Waals surface area contributed by atoms with Crippen LogP contribution in [0.3, 0.4) is 0 Å². The molecule has 1 amide bonds. The third kappa shape index (κ3) is 4.64. The SMILES string of the molecule is O=C(NCC(F)(F)F)C1CCCN(c2cnn(-c3ccccc3)c(=O)c2Cl)C1. The van der Waals surface area contributed by atoms with Crippen molar-refractivity contribution in [2.45, 2.75) is 19.0 Å². The summed E-state index contributed by atoms with van der Waals surface area (Å²) in [6.07, 6.45) is -1.97. The zero-order valence-electron chi connectivity index (χ0n) is 14.7. The molecular weight excluding hydrogens is 397 g/mol. The summed E-state index contributed by atoms with van der Waals surface area (Å²) in [5.74, 6) is -1.28. The van der Waals surface area contributed by atoms with Crippen molar-refractivity contribution in [1.29, 1.82) is 0 Å². The molecule has 3 rings (SSSR count). The molecule has 0 bridgehead atoms. The van der Waals surface area contributed by atoms with Crippen molar-refractivity contribution in [2.24, 2.45) is 5.92 Å². The van der Waals surface area contributed by atoms with Crippen LogP contribution in [0.4, 0.5) is 18.9 Å². The molecular formula is C18H18ClF3N4O2. The third-order valence-corrected chi connectivity index (χ3v) is 4.85. The first kappa shape index (κ1) is 20.2. The number of carbonyl (C=O) groups is 1. The average Bonchev–Trinajstić information content (AvgIpc) is 2.68. The van der Waals surface area contributed by atoms with Gasteiger partial charge < -0.3 is 10.2 Å². The Kier molecular flexibility index (Phi) is 5.93. The lowest BCUT2D eigenvalue weighted by molar-refractivity contribution is -0.140. The summed E-state index contributed by atoms with van der Waals surface area (Å²) in [6, 6.07) is 8.76. The Morgan fingerprint density at radius 3 is 2.68 bits per heavy atom. The molecule has 1 aliphatic heterocycles. The maximum absolute atomic E-state index is 12.6. The monoisotopic (exact) mass is 414 g/mol. The van der Waals surface area contributed by atoms with Crippen LogP contribution in [0.5, 0.6) is 0 Å². The molecule has 1 unspecified atom stereocenters. The Bertz CT molecular complexity index is 902. The van der Waals surface area contributed by atoms with Gasteiger partial charge >= 0.3 is 6.18 Å². The Morgan fingerprint density at radius 1 is 1.29 bits per heavy atom. The van der Waals surface area contributed by atoms with Gasteiger partial charge in [0.2, 0.25) is 5.91 Å². The number of hydrogen-bond acceptors (Lipinski definition) is 4. The standard InChI is InChI=1S/C18H18ClF3N4O2/c19-15-14(9-24-26(17(15)28)13-6-2-1-3-7-13)25-8-4-5-12(10-25)16(27)23-11-18(20,21)22/h1-3,6-7,9,12H,4-5,8,10-11H2,(H,23,27). The number of hydrogen-bond donors (Lipinski definition) is 1. The molecule has 1 aromatic carbocycles. The quantitative estimate of drug-likeness (QED) is 0.835. The molecule has 28 heavy (non-hydrogen) atoms. The average molecular weight is 415 g/mol. The number of alkyl halides is 3. The summed E-state index contributed by atoms with van der Waals surface area (Å²) >= 11 is 6.27. The number of para-hydroxylation sites is 1. The van der Waals surface area contributed by atoms with Gasteiger partial charge in [0.05, 0.1) is 23.5 Å². The van der Waals surface area contributed by atoms with Gasteiger partial charge in [-0.15, -0.1) is 0 Å². The molecule has 2 aromatic rings. The summed E-state index contributed by atoms with van der Waals surface area (Å²) in [7, 11) is 0. The second kappa shape index (κ2) is 8.22. The zero-order valence-corrected chi connectivity index (χ0v) is 15.5. The van der Waals surface area contributed by atoms with E-state index in [-0.39, 0.29) is 11.6 Å². The summed E-state index contributed by atoms with van der Waals surface area (Å²) in [4.78, 5) is 26.4. The predicted molar refractivity (Wildman–Crippen MR) is 98.8 cm³/mol. The highest BCUT2D eigenvalue weighted by atomic mass is 35.5. The number of carbonyl (C=O) groups excluding carboxylic acids is 1. The minimum absolute atomic E-state index is 0.0461. The van der Waals surface area contributed by atoms with Crippen LogP contribution in [-0.2, 0) is 4.79 Å². The van der Waals surface area contributed by atoms with E-state index in [0.717, 1.165) is 0 Å². The molecule has 0 radical (unpaired) electrons. The second-order valence-electron chi connectivity index (χ2n) is 6.51. The van der Waals surface area contributed by atoms with Gasteiger partial charge in [-0.2, -0.15) is 23.0 Å². The van der Waals surface area contributed by atoms with Gasteiger partial charge in [-0.1, -0.05) is 29.8 Å². The maximum Gasteiger partial charge on any atom is 0.405 e. The van der Waals surface area contributed by atoms with Gasteiger partial charge in [0.1, 0.15) is 11.6 Å². The highest BCUT2D eigenvalue weighted by Crippen LogP contribution is 2.27. The molecule has 0 saturated carbocycles. The van der Waals surface area contributed by atoms with E-state index in [0.29, 0.717) is 30.8 Å². The first-order chi connectivity index (χ1) is 13.3. The molecule has 1 saturated heterocycles. The molecule has 6 nitrogen and oxygen atoms in total. The van der Waals surface area contributed by atoms with Crippen LogP contribution >= 0.6 is 11.6 Å². The normalized spacial score (nSPS) is 17.4. The van der Waals surface area contributed by atoms with Crippen molar-refractivity contribution in [1.82, 2.24) is 15.1 Å². The van der Waals surface area contributed by atoms with Crippen LogP contribution in [0.1, 0.15) is 12.8 Å². The van der Waals surface area contributed by atoms with E-state index in [1.54, 1.807) is 29.2 Å². The number of amides is 1. The van der Waals surface area contributed by atoms with Crippen molar-refractivity contribution in [3.8, 4) is 5.69 Å². The first-order valence-electron chi connectivity index (χ1n) is 8.69. The highest BCUT2D eigenvalue weighted by Gasteiger charge is 2.32. The van der Waals surface area contributed by atoms with Gasteiger partial charge in [0.25, 0.3) is 5.56 Å². The fraction of sp³-hybridized carbons (Fsp3) is 0.389. The van der Waals surface area contributed by atoms with E-state index >= 15 is 0 Å². The van der Waals surface area contributed by atoms with E-state index in [9.17, 15) is 22.8 Å². The Hall–Kier alpha value is -2.55. The first-order valence-corrected chi connectivity index (χ1v) is 9.07. The summed E-state index contributed by atoms with van der Waals surface area (Å²) in [5.41, 5.74) is 0.421. The second-order valence-corrected chi connectivity index (χ2v) is 6.89. The fourth-order valence-electron chi connectivity index (χ4n) is 3.14. The largest absolute Gasteiger partial charge is 0.405 e. The van der Waals surface area contributed by atoms with E-state index < -0.39 is 30.1 Å². The van der Waals surface area contributed by atoms with Crippen LogP contribution < -0.4 is 15.8 Å². The molecule has 1 N–H and O–H groups in total. The lowest BCUT2D eigenvalue weighted by Crippen LogP contribution is -2.45. The number of anilines is 1. The topological polar surface area (TPSA) is 67.2 Å². The maximum atomic E-state index is 12.6. The van der Waals surface area contributed by atoms with E-state index in [2.05, 4.69) is 5.10 Å². The van der Waals surface area contributed by atoms with Crippen LogP contribution in [0.25, 0.3) is 5.69 Å². The van der Waals surface area contributed by atoms with Crippen molar-refractivity contribution in [3.63, 3.8) is 0 Å². The number of piperidine rings is 1. The predicted octanol–water partition coefficient (Wildman–Crippen LogP) is 2.78. The van der Waals surface area contributed by atoms with Crippen LogP contribution in [0, 0.1) is 5.92 Å². The van der Waals surface area contributed by atoms with Crippen LogP contribution in [-0.4, -0.2) is 41.5 Å². The number of rotatable bonds is 4. The molecule has 1 atom stereocenters. The Morgan fingerprint density at radius 2 is 2.00 bits per heavy atom. The van der Waals surface area contributed by atoms with Crippen LogP contribution in [0.15, 0.2) is 41.3 Å². The summed E-state index contributed by atoms with van der Waals surface area (Å²) in [5, 5.41) is 6.02. The van der Waals surface area contributed by atoms with Gasteiger partial charge in [-0.05, 0) is 25.0 Å².